The number of amides is 1. The highest BCUT2D eigenvalue weighted by Gasteiger charge is 2.28. The first-order chi connectivity index (χ1) is 14.2. The number of ether oxygens (including phenoxy) is 1. The summed E-state index contributed by atoms with van der Waals surface area (Å²) in [6, 6.07) is 13.9. The minimum atomic E-state index is -0.289. The zero-order valence-corrected chi connectivity index (χ0v) is 18.0. The third kappa shape index (κ3) is 6.05. The SMILES string of the molecule is COc1ccc(C2=NO[C@H](CN(Cc3ccc(F)cc3)C(=O)CC(C)(C)C)C2)cc1. The van der Waals surface area contributed by atoms with Gasteiger partial charge in [0.25, 0.3) is 0 Å². The molecule has 1 heterocycles. The molecule has 0 aliphatic carbocycles. The summed E-state index contributed by atoms with van der Waals surface area (Å²) in [6.07, 6.45) is 0.828. The summed E-state index contributed by atoms with van der Waals surface area (Å²) in [4.78, 5) is 20.4. The number of nitrogens with zero attached hydrogens (tertiary/aromatic N) is 2. The average Bonchev–Trinajstić information content (AvgIpc) is 3.16. The van der Waals surface area contributed by atoms with E-state index in [1.165, 1.54) is 12.1 Å². The monoisotopic (exact) mass is 412 g/mol. The van der Waals surface area contributed by atoms with E-state index < -0.39 is 0 Å². The maximum atomic E-state index is 13.3. The topological polar surface area (TPSA) is 51.1 Å². The van der Waals surface area contributed by atoms with Crippen LogP contribution < -0.4 is 4.74 Å². The summed E-state index contributed by atoms with van der Waals surface area (Å²) in [7, 11) is 1.63. The lowest BCUT2D eigenvalue weighted by Gasteiger charge is -2.28. The summed E-state index contributed by atoms with van der Waals surface area (Å²) in [5, 5.41) is 4.24. The molecular formula is C24H29FN2O3. The Morgan fingerprint density at radius 1 is 1.17 bits per heavy atom. The van der Waals surface area contributed by atoms with Crippen LogP contribution in [0.4, 0.5) is 4.39 Å². The lowest BCUT2D eigenvalue weighted by molar-refractivity contribution is -0.135. The van der Waals surface area contributed by atoms with Crippen LogP contribution in [0, 0.1) is 11.2 Å². The number of hydrogen-bond acceptors (Lipinski definition) is 4. The number of benzene rings is 2. The molecule has 0 unspecified atom stereocenters. The number of carbonyl (C=O) groups excluding carboxylic acids is 1. The van der Waals surface area contributed by atoms with Gasteiger partial charge in [0.05, 0.1) is 19.4 Å². The molecule has 1 aliphatic rings. The van der Waals surface area contributed by atoms with Crippen molar-refractivity contribution >= 4 is 11.6 Å². The van der Waals surface area contributed by atoms with Gasteiger partial charge in [0.15, 0.2) is 6.10 Å². The molecule has 1 amide bonds. The largest absolute Gasteiger partial charge is 0.497 e. The molecule has 0 saturated heterocycles. The van der Waals surface area contributed by atoms with Gasteiger partial charge in [0.1, 0.15) is 11.6 Å². The Morgan fingerprint density at radius 2 is 1.83 bits per heavy atom. The number of rotatable bonds is 7. The van der Waals surface area contributed by atoms with E-state index >= 15 is 0 Å². The van der Waals surface area contributed by atoms with Crippen LogP contribution in [0.3, 0.4) is 0 Å². The molecule has 0 aromatic heterocycles. The first kappa shape index (κ1) is 21.8. The fourth-order valence-electron chi connectivity index (χ4n) is 3.36. The van der Waals surface area contributed by atoms with Gasteiger partial charge in [-0.1, -0.05) is 38.1 Å². The van der Waals surface area contributed by atoms with E-state index in [2.05, 4.69) is 5.16 Å². The molecule has 0 fully saturated rings. The van der Waals surface area contributed by atoms with Gasteiger partial charge in [-0.3, -0.25) is 4.79 Å². The molecular weight excluding hydrogens is 383 g/mol. The minimum Gasteiger partial charge on any atom is -0.497 e. The van der Waals surface area contributed by atoms with Crippen molar-refractivity contribution in [2.45, 2.75) is 46.3 Å². The summed E-state index contributed by atoms with van der Waals surface area (Å²) in [5.41, 5.74) is 2.59. The molecule has 5 nitrogen and oxygen atoms in total. The number of carbonyl (C=O) groups is 1. The highest BCUT2D eigenvalue weighted by molar-refractivity contribution is 6.01. The fourth-order valence-corrected chi connectivity index (χ4v) is 3.36. The lowest BCUT2D eigenvalue weighted by Crippen LogP contribution is -2.38. The standard InChI is InChI=1S/C24H29FN2O3/c1-24(2,3)14-23(28)27(15-17-5-9-19(25)10-6-17)16-21-13-22(26-30-21)18-7-11-20(29-4)12-8-18/h5-12,21H,13-16H2,1-4H3/t21-/m0/s1. The third-order valence-corrected chi connectivity index (χ3v) is 4.90. The molecule has 3 rings (SSSR count). The molecule has 0 radical (unpaired) electrons. The number of hydrogen-bond donors (Lipinski definition) is 0. The van der Waals surface area contributed by atoms with E-state index in [0.717, 1.165) is 22.6 Å². The van der Waals surface area contributed by atoms with Crippen molar-refractivity contribution in [3.8, 4) is 5.75 Å². The molecule has 0 N–H and O–H groups in total. The number of oxime groups is 1. The third-order valence-electron chi connectivity index (χ3n) is 4.90. The Hall–Kier alpha value is -2.89. The Kier molecular flexibility index (Phi) is 6.75. The minimum absolute atomic E-state index is 0.0494. The van der Waals surface area contributed by atoms with Gasteiger partial charge >= 0.3 is 0 Å². The van der Waals surface area contributed by atoms with Gasteiger partial charge in [0, 0.05) is 19.4 Å². The van der Waals surface area contributed by atoms with Crippen molar-refractivity contribution in [2.24, 2.45) is 10.6 Å². The normalized spacial score (nSPS) is 16.0. The zero-order valence-electron chi connectivity index (χ0n) is 18.0. The second kappa shape index (κ2) is 9.28. The maximum Gasteiger partial charge on any atom is 0.223 e. The predicted molar refractivity (Wildman–Crippen MR) is 115 cm³/mol. The first-order valence-electron chi connectivity index (χ1n) is 10.1. The van der Waals surface area contributed by atoms with E-state index in [0.29, 0.717) is 25.9 Å². The van der Waals surface area contributed by atoms with Crippen molar-refractivity contribution in [3.05, 3.63) is 65.5 Å². The molecule has 0 spiro atoms. The molecule has 1 aliphatic heterocycles. The van der Waals surface area contributed by atoms with Crippen LogP contribution in [-0.2, 0) is 16.2 Å². The fraction of sp³-hybridized carbons (Fsp3) is 0.417. The lowest BCUT2D eigenvalue weighted by atomic mass is 9.91. The van der Waals surface area contributed by atoms with Crippen LogP contribution in [0.1, 0.15) is 44.7 Å². The zero-order chi connectivity index (χ0) is 21.7. The van der Waals surface area contributed by atoms with E-state index in [9.17, 15) is 9.18 Å². The van der Waals surface area contributed by atoms with Crippen molar-refractivity contribution in [2.75, 3.05) is 13.7 Å². The van der Waals surface area contributed by atoms with Gasteiger partial charge in [-0.2, -0.15) is 0 Å². The Labute approximate surface area is 177 Å². The molecule has 1 atom stereocenters. The second-order valence-corrected chi connectivity index (χ2v) is 8.84. The molecule has 0 bridgehead atoms. The molecule has 2 aromatic carbocycles. The maximum absolute atomic E-state index is 13.3. The molecule has 0 saturated carbocycles. The van der Waals surface area contributed by atoms with Crippen LogP contribution in [0.5, 0.6) is 5.75 Å². The van der Waals surface area contributed by atoms with Crippen LogP contribution in [0.2, 0.25) is 0 Å². The van der Waals surface area contributed by atoms with E-state index in [1.807, 2.05) is 45.0 Å². The van der Waals surface area contributed by atoms with Crippen molar-refractivity contribution in [3.63, 3.8) is 0 Å². The Bertz CT molecular complexity index is 886. The number of halogens is 1. The molecule has 160 valence electrons. The van der Waals surface area contributed by atoms with Gasteiger partial charge in [-0.15, -0.1) is 0 Å². The van der Waals surface area contributed by atoms with Gasteiger partial charge < -0.3 is 14.5 Å². The van der Waals surface area contributed by atoms with Crippen molar-refractivity contribution in [1.29, 1.82) is 0 Å². The second-order valence-electron chi connectivity index (χ2n) is 8.84. The van der Waals surface area contributed by atoms with Crippen LogP contribution in [0.15, 0.2) is 53.7 Å². The first-order valence-corrected chi connectivity index (χ1v) is 10.1. The summed E-state index contributed by atoms with van der Waals surface area (Å²) in [5.74, 6) is 0.546. The van der Waals surface area contributed by atoms with E-state index in [-0.39, 0.29) is 23.2 Å². The van der Waals surface area contributed by atoms with Crippen molar-refractivity contribution < 1.29 is 18.8 Å². The quantitative estimate of drug-likeness (QED) is 0.657. The van der Waals surface area contributed by atoms with Gasteiger partial charge in [0.2, 0.25) is 5.91 Å². The van der Waals surface area contributed by atoms with Crippen LogP contribution in [-0.4, -0.2) is 36.3 Å². The summed E-state index contributed by atoms with van der Waals surface area (Å²) >= 11 is 0. The predicted octanol–water partition coefficient (Wildman–Crippen LogP) is 4.79. The molecule has 30 heavy (non-hydrogen) atoms. The smallest absolute Gasteiger partial charge is 0.223 e. The van der Waals surface area contributed by atoms with Gasteiger partial charge in [-0.05, 0) is 52.9 Å². The Morgan fingerprint density at radius 3 is 2.43 bits per heavy atom. The van der Waals surface area contributed by atoms with E-state index in [4.69, 9.17) is 9.57 Å². The van der Waals surface area contributed by atoms with Crippen LogP contribution >= 0.6 is 0 Å². The average molecular weight is 413 g/mol. The molecule has 6 heteroatoms. The highest BCUT2D eigenvalue weighted by Crippen LogP contribution is 2.24. The summed E-state index contributed by atoms with van der Waals surface area (Å²) < 4.78 is 18.5. The summed E-state index contributed by atoms with van der Waals surface area (Å²) in [6.45, 7) is 6.95. The van der Waals surface area contributed by atoms with E-state index in [1.54, 1.807) is 24.1 Å². The van der Waals surface area contributed by atoms with Crippen LogP contribution in [0.25, 0.3) is 0 Å². The highest BCUT2D eigenvalue weighted by atomic mass is 19.1. The van der Waals surface area contributed by atoms with Crippen molar-refractivity contribution in [1.82, 2.24) is 4.90 Å². The number of methoxy groups -OCH3 is 1. The molecule has 2 aromatic rings. The van der Waals surface area contributed by atoms with Gasteiger partial charge in [-0.25, -0.2) is 4.39 Å². The Balaban J connectivity index is 1.68.